The smallest absolute Gasteiger partial charge is 0.0835 e. The van der Waals surface area contributed by atoms with Crippen molar-refractivity contribution in [1.82, 2.24) is 0 Å². The van der Waals surface area contributed by atoms with Gasteiger partial charge in [-0.25, -0.2) is 0 Å². The van der Waals surface area contributed by atoms with Crippen LogP contribution in [0.25, 0.3) is 0 Å². The van der Waals surface area contributed by atoms with Crippen molar-refractivity contribution in [1.29, 1.82) is 5.26 Å². The van der Waals surface area contributed by atoms with E-state index in [9.17, 15) is 10.4 Å². The molecule has 0 spiro atoms. The Bertz CT molecular complexity index is 280. The Balaban J connectivity index is 2.05. The average molecular weight is 249 g/mol. The van der Waals surface area contributed by atoms with Gasteiger partial charge in [0.15, 0.2) is 0 Å². The predicted molar refractivity (Wildman–Crippen MR) is 72.9 cm³/mol. The van der Waals surface area contributed by atoms with Gasteiger partial charge < -0.3 is 5.11 Å². The van der Waals surface area contributed by atoms with Gasteiger partial charge in [0.2, 0.25) is 0 Å². The number of hydrogen-bond donors (Lipinski definition) is 1. The van der Waals surface area contributed by atoms with E-state index in [0.717, 1.165) is 38.5 Å². The van der Waals surface area contributed by atoms with E-state index in [-0.39, 0.29) is 6.10 Å². The summed E-state index contributed by atoms with van der Waals surface area (Å²) >= 11 is 0. The highest BCUT2D eigenvalue weighted by atomic mass is 16.3. The van der Waals surface area contributed by atoms with Gasteiger partial charge in [0, 0.05) is 0 Å². The fourth-order valence-electron chi connectivity index (χ4n) is 3.91. The Kier molecular flexibility index (Phi) is 5.06. The molecule has 2 fully saturated rings. The zero-order chi connectivity index (χ0) is 12.8. The van der Waals surface area contributed by atoms with Crippen LogP contribution in [0.4, 0.5) is 0 Å². The molecule has 102 valence electrons. The van der Waals surface area contributed by atoms with E-state index in [1.54, 1.807) is 0 Å². The first-order chi connectivity index (χ1) is 8.78. The third-order valence-electron chi connectivity index (χ3n) is 5.13. The molecule has 0 heterocycles. The maximum absolute atomic E-state index is 10.7. The molecule has 2 nitrogen and oxygen atoms in total. The van der Waals surface area contributed by atoms with Crippen molar-refractivity contribution in [3.63, 3.8) is 0 Å². The molecule has 0 amide bonds. The molecule has 0 aromatic carbocycles. The second kappa shape index (κ2) is 6.57. The molecule has 2 aliphatic rings. The molecule has 1 atom stereocenters. The van der Waals surface area contributed by atoms with Gasteiger partial charge in [-0.05, 0) is 31.6 Å². The Labute approximate surface area is 111 Å². The topological polar surface area (TPSA) is 44.0 Å². The van der Waals surface area contributed by atoms with E-state index < -0.39 is 5.41 Å². The van der Waals surface area contributed by atoms with Crippen LogP contribution in [0.5, 0.6) is 0 Å². The monoisotopic (exact) mass is 249 g/mol. The van der Waals surface area contributed by atoms with Crippen molar-refractivity contribution in [3.05, 3.63) is 0 Å². The summed E-state index contributed by atoms with van der Waals surface area (Å²) in [7, 11) is 0. The molecule has 0 bridgehead atoms. The molecule has 0 saturated heterocycles. The summed E-state index contributed by atoms with van der Waals surface area (Å²) in [6.45, 7) is 0. The van der Waals surface area contributed by atoms with Gasteiger partial charge in [0.25, 0.3) is 0 Å². The largest absolute Gasteiger partial charge is 0.391 e. The molecular formula is C16H27NO. The number of aliphatic hydroxyl groups excluding tert-OH is 1. The lowest BCUT2D eigenvalue weighted by molar-refractivity contribution is -0.0139. The van der Waals surface area contributed by atoms with Crippen LogP contribution >= 0.6 is 0 Å². The van der Waals surface area contributed by atoms with Gasteiger partial charge in [0.1, 0.15) is 0 Å². The highest BCUT2D eigenvalue weighted by Gasteiger charge is 2.42. The number of hydrogen-bond acceptors (Lipinski definition) is 2. The summed E-state index contributed by atoms with van der Waals surface area (Å²) in [6, 6.07) is 2.53. The van der Waals surface area contributed by atoms with E-state index in [4.69, 9.17) is 0 Å². The van der Waals surface area contributed by atoms with E-state index in [1.165, 1.54) is 38.5 Å². The number of aliphatic hydroxyl groups is 1. The third-order valence-corrected chi connectivity index (χ3v) is 5.13. The average Bonchev–Trinajstić information content (AvgIpc) is 2.40. The first-order valence-corrected chi connectivity index (χ1v) is 7.88. The molecule has 2 heteroatoms. The molecule has 2 saturated carbocycles. The van der Waals surface area contributed by atoms with Crippen LogP contribution in [-0.4, -0.2) is 11.2 Å². The van der Waals surface area contributed by atoms with Crippen LogP contribution in [0.1, 0.15) is 77.0 Å². The van der Waals surface area contributed by atoms with Crippen molar-refractivity contribution in [2.45, 2.75) is 83.2 Å². The highest BCUT2D eigenvalue weighted by Crippen LogP contribution is 2.42. The molecule has 1 unspecified atom stereocenters. The fourth-order valence-corrected chi connectivity index (χ4v) is 3.91. The lowest BCUT2D eigenvalue weighted by Crippen LogP contribution is -2.40. The summed E-state index contributed by atoms with van der Waals surface area (Å²) in [4.78, 5) is 0. The van der Waals surface area contributed by atoms with Crippen LogP contribution in [-0.2, 0) is 0 Å². The van der Waals surface area contributed by atoms with Crippen molar-refractivity contribution in [2.24, 2.45) is 11.3 Å². The van der Waals surface area contributed by atoms with Crippen LogP contribution in [0.15, 0.2) is 0 Å². The number of nitriles is 1. The normalized spacial score (nSPS) is 27.8. The second-order valence-corrected chi connectivity index (χ2v) is 6.38. The maximum atomic E-state index is 10.7. The van der Waals surface area contributed by atoms with E-state index >= 15 is 0 Å². The van der Waals surface area contributed by atoms with Crippen LogP contribution in [0.2, 0.25) is 0 Å². The Morgan fingerprint density at radius 1 is 0.889 bits per heavy atom. The van der Waals surface area contributed by atoms with Gasteiger partial charge >= 0.3 is 0 Å². The minimum Gasteiger partial charge on any atom is -0.391 e. The molecule has 2 aliphatic carbocycles. The SMILES string of the molecule is N#CC1(C(O)C2CCCCC2)CCCCCCC1. The van der Waals surface area contributed by atoms with Crippen LogP contribution in [0.3, 0.4) is 0 Å². The van der Waals surface area contributed by atoms with Gasteiger partial charge in [0.05, 0.1) is 17.6 Å². The van der Waals surface area contributed by atoms with Gasteiger partial charge in [-0.2, -0.15) is 5.26 Å². The summed E-state index contributed by atoms with van der Waals surface area (Å²) < 4.78 is 0. The molecule has 2 rings (SSSR count). The van der Waals surface area contributed by atoms with Crippen molar-refractivity contribution < 1.29 is 5.11 Å². The first kappa shape index (κ1) is 13.9. The summed E-state index contributed by atoms with van der Waals surface area (Å²) in [5.74, 6) is 0.387. The summed E-state index contributed by atoms with van der Waals surface area (Å²) in [5.41, 5.74) is -0.428. The third kappa shape index (κ3) is 3.06. The Morgan fingerprint density at radius 2 is 1.39 bits per heavy atom. The Hall–Kier alpha value is -0.550. The highest BCUT2D eigenvalue weighted by molar-refractivity contribution is 5.05. The minimum absolute atomic E-state index is 0.374. The van der Waals surface area contributed by atoms with E-state index in [0.29, 0.717) is 5.92 Å². The van der Waals surface area contributed by atoms with E-state index in [2.05, 4.69) is 6.07 Å². The zero-order valence-corrected chi connectivity index (χ0v) is 11.5. The molecule has 0 aromatic heterocycles. The molecular weight excluding hydrogens is 222 g/mol. The van der Waals surface area contributed by atoms with Gasteiger partial charge in [-0.15, -0.1) is 0 Å². The van der Waals surface area contributed by atoms with Crippen LogP contribution in [0, 0.1) is 22.7 Å². The summed E-state index contributed by atoms with van der Waals surface area (Å²) in [6.07, 6.45) is 13.5. The van der Waals surface area contributed by atoms with Crippen LogP contribution < -0.4 is 0 Å². The maximum Gasteiger partial charge on any atom is 0.0835 e. The Morgan fingerprint density at radius 3 is 1.94 bits per heavy atom. The molecule has 0 aromatic rings. The predicted octanol–water partition coefficient (Wildman–Crippen LogP) is 4.18. The second-order valence-electron chi connectivity index (χ2n) is 6.38. The lowest BCUT2D eigenvalue weighted by Gasteiger charge is -2.39. The minimum atomic E-state index is -0.428. The van der Waals surface area contributed by atoms with Crippen molar-refractivity contribution >= 4 is 0 Å². The molecule has 0 radical (unpaired) electrons. The molecule has 18 heavy (non-hydrogen) atoms. The lowest BCUT2D eigenvalue weighted by atomic mass is 9.67. The molecule has 1 N–H and O–H groups in total. The van der Waals surface area contributed by atoms with Gasteiger partial charge in [-0.1, -0.05) is 51.4 Å². The van der Waals surface area contributed by atoms with Crippen molar-refractivity contribution in [2.75, 3.05) is 0 Å². The standard InChI is InChI=1S/C16H27NO/c17-13-16(11-7-2-1-3-8-12-16)15(18)14-9-5-4-6-10-14/h14-15,18H,1-12H2. The van der Waals surface area contributed by atoms with E-state index in [1.807, 2.05) is 0 Å². The fraction of sp³-hybridized carbons (Fsp3) is 0.938. The van der Waals surface area contributed by atoms with Gasteiger partial charge in [-0.3, -0.25) is 0 Å². The number of nitrogens with zero attached hydrogens (tertiary/aromatic N) is 1. The zero-order valence-electron chi connectivity index (χ0n) is 11.5. The molecule has 0 aliphatic heterocycles. The number of rotatable bonds is 2. The first-order valence-electron chi connectivity index (χ1n) is 7.88. The quantitative estimate of drug-likeness (QED) is 0.797. The van der Waals surface area contributed by atoms with Crippen molar-refractivity contribution in [3.8, 4) is 6.07 Å². The summed E-state index contributed by atoms with van der Waals surface area (Å²) in [5, 5.41) is 20.4.